The average Bonchev–Trinajstić information content (AvgIpc) is 2.70. The van der Waals surface area contributed by atoms with Crippen molar-refractivity contribution in [1.82, 2.24) is 10.6 Å². The summed E-state index contributed by atoms with van der Waals surface area (Å²) >= 11 is 5.11. The molecular weight excluding hydrogens is 316 g/mol. The van der Waals surface area contributed by atoms with E-state index in [0.29, 0.717) is 6.54 Å². The lowest BCUT2D eigenvalue weighted by Gasteiger charge is -2.38. The van der Waals surface area contributed by atoms with Crippen LogP contribution >= 0.6 is 27.3 Å². The van der Waals surface area contributed by atoms with Crippen molar-refractivity contribution >= 4 is 33.2 Å². The quantitative estimate of drug-likeness (QED) is 0.831. The molecule has 2 heterocycles. The third kappa shape index (κ3) is 4.05. The van der Waals surface area contributed by atoms with Gasteiger partial charge in [-0.05, 0) is 41.4 Å². The summed E-state index contributed by atoms with van der Waals surface area (Å²) in [4.78, 5) is 12.8. The van der Waals surface area contributed by atoms with Gasteiger partial charge in [0, 0.05) is 24.5 Å². The van der Waals surface area contributed by atoms with Crippen LogP contribution in [0.5, 0.6) is 0 Å². The molecule has 1 aromatic rings. The van der Waals surface area contributed by atoms with Crippen LogP contribution in [-0.4, -0.2) is 37.7 Å². The summed E-state index contributed by atoms with van der Waals surface area (Å²) in [7, 11) is 0. The highest BCUT2D eigenvalue weighted by Gasteiger charge is 2.32. The minimum Gasteiger partial charge on any atom is -0.363 e. The smallest absolute Gasteiger partial charge is 0.246 e. The van der Waals surface area contributed by atoms with E-state index in [0.717, 1.165) is 23.3 Å². The molecule has 1 amide bonds. The minimum atomic E-state index is -0.157. The van der Waals surface area contributed by atoms with E-state index in [1.807, 2.05) is 13.0 Å². The van der Waals surface area contributed by atoms with E-state index >= 15 is 0 Å². The maximum absolute atomic E-state index is 11.6. The average molecular weight is 333 g/mol. The lowest BCUT2D eigenvalue weighted by molar-refractivity contribution is -0.135. The van der Waals surface area contributed by atoms with Crippen LogP contribution in [0.15, 0.2) is 15.9 Å². The summed E-state index contributed by atoms with van der Waals surface area (Å²) in [5, 5.41) is 6.00. The number of nitrogens with one attached hydrogen (secondary N) is 2. The Bertz CT molecular complexity index is 418. The topological polar surface area (TPSA) is 50.4 Å². The molecule has 1 aromatic heterocycles. The first-order valence-electron chi connectivity index (χ1n) is 5.93. The number of amides is 1. The SMILES string of the molecule is CC1(OCC(=O)NCCc2ccc(Br)s2)CNC1. The van der Waals surface area contributed by atoms with E-state index in [1.165, 1.54) is 4.88 Å². The molecule has 0 radical (unpaired) electrons. The highest BCUT2D eigenvalue weighted by Crippen LogP contribution is 2.22. The van der Waals surface area contributed by atoms with Crippen LogP contribution in [0, 0.1) is 0 Å². The van der Waals surface area contributed by atoms with Gasteiger partial charge in [-0.15, -0.1) is 11.3 Å². The van der Waals surface area contributed by atoms with Crippen LogP contribution in [0.25, 0.3) is 0 Å². The van der Waals surface area contributed by atoms with Crippen molar-refractivity contribution in [2.75, 3.05) is 26.2 Å². The van der Waals surface area contributed by atoms with Crippen molar-refractivity contribution in [3.05, 3.63) is 20.8 Å². The van der Waals surface area contributed by atoms with Crippen LogP contribution in [0.4, 0.5) is 0 Å². The molecule has 100 valence electrons. The number of hydrogen-bond acceptors (Lipinski definition) is 4. The molecule has 0 atom stereocenters. The summed E-state index contributed by atoms with van der Waals surface area (Å²) in [6, 6.07) is 4.09. The number of carbonyl (C=O) groups is 1. The van der Waals surface area contributed by atoms with Crippen LogP contribution in [-0.2, 0) is 16.0 Å². The van der Waals surface area contributed by atoms with Crippen molar-refractivity contribution in [2.24, 2.45) is 0 Å². The predicted octanol–water partition coefficient (Wildman–Crippen LogP) is 1.55. The van der Waals surface area contributed by atoms with E-state index in [2.05, 4.69) is 32.6 Å². The normalized spacial score (nSPS) is 17.2. The van der Waals surface area contributed by atoms with Gasteiger partial charge in [0.25, 0.3) is 0 Å². The monoisotopic (exact) mass is 332 g/mol. The van der Waals surface area contributed by atoms with Gasteiger partial charge < -0.3 is 15.4 Å². The standard InChI is InChI=1S/C12H17BrN2O2S/c1-12(7-14-8-12)17-6-11(16)15-5-4-9-2-3-10(13)18-9/h2-3,14H,4-8H2,1H3,(H,15,16). The van der Waals surface area contributed by atoms with E-state index < -0.39 is 0 Å². The second-order valence-corrected chi connectivity index (χ2v) is 7.20. The van der Waals surface area contributed by atoms with E-state index in [4.69, 9.17) is 4.74 Å². The molecule has 0 aromatic carbocycles. The van der Waals surface area contributed by atoms with E-state index in [1.54, 1.807) is 11.3 Å². The third-order valence-corrected chi connectivity index (χ3v) is 4.56. The number of hydrogen-bond donors (Lipinski definition) is 2. The lowest BCUT2D eigenvalue weighted by Crippen LogP contribution is -2.59. The van der Waals surface area contributed by atoms with Crippen LogP contribution in [0.1, 0.15) is 11.8 Å². The molecule has 1 aliphatic rings. The predicted molar refractivity (Wildman–Crippen MR) is 76.0 cm³/mol. The molecule has 6 heteroatoms. The Labute approximate surface area is 119 Å². The molecule has 2 rings (SSSR count). The van der Waals surface area contributed by atoms with Crippen molar-refractivity contribution in [3.8, 4) is 0 Å². The van der Waals surface area contributed by atoms with Gasteiger partial charge in [-0.1, -0.05) is 0 Å². The van der Waals surface area contributed by atoms with E-state index in [-0.39, 0.29) is 18.1 Å². The molecule has 0 saturated carbocycles. The largest absolute Gasteiger partial charge is 0.363 e. The second kappa shape index (κ2) is 6.14. The Morgan fingerprint density at radius 1 is 1.61 bits per heavy atom. The Balaban J connectivity index is 1.60. The second-order valence-electron chi connectivity index (χ2n) is 4.65. The van der Waals surface area contributed by atoms with Gasteiger partial charge in [-0.3, -0.25) is 4.79 Å². The van der Waals surface area contributed by atoms with Crippen molar-refractivity contribution in [1.29, 1.82) is 0 Å². The number of rotatable bonds is 6. The number of carbonyl (C=O) groups excluding carboxylic acids is 1. The molecule has 0 unspecified atom stereocenters. The Hall–Kier alpha value is -0.430. The molecule has 1 aliphatic heterocycles. The fraction of sp³-hybridized carbons (Fsp3) is 0.583. The number of thiophene rings is 1. The van der Waals surface area contributed by atoms with Gasteiger partial charge >= 0.3 is 0 Å². The van der Waals surface area contributed by atoms with E-state index in [9.17, 15) is 4.79 Å². The van der Waals surface area contributed by atoms with Gasteiger partial charge in [0.2, 0.25) is 5.91 Å². The molecular formula is C12H17BrN2O2S. The zero-order chi connectivity index (χ0) is 13.0. The summed E-state index contributed by atoms with van der Waals surface area (Å²) in [5.41, 5.74) is -0.157. The highest BCUT2D eigenvalue weighted by molar-refractivity contribution is 9.11. The lowest BCUT2D eigenvalue weighted by atomic mass is 10.0. The Morgan fingerprint density at radius 3 is 2.94 bits per heavy atom. The Morgan fingerprint density at radius 2 is 2.39 bits per heavy atom. The molecule has 0 bridgehead atoms. The molecule has 0 aliphatic carbocycles. The van der Waals surface area contributed by atoms with Crippen LogP contribution in [0.2, 0.25) is 0 Å². The third-order valence-electron chi connectivity index (χ3n) is 2.87. The number of ether oxygens (including phenoxy) is 1. The molecule has 1 fully saturated rings. The van der Waals surface area contributed by atoms with Gasteiger partial charge in [0.1, 0.15) is 6.61 Å². The first-order chi connectivity index (χ1) is 8.57. The van der Waals surface area contributed by atoms with Gasteiger partial charge in [-0.25, -0.2) is 0 Å². The van der Waals surface area contributed by atoms with Gasteiger partial charge in [0.05, 0.1) is 9.39 Å². The molecule has 2 N–H and O–H groups in total. The zero-order valence-electron chi connectivity index (χ0n) is 10.3. The van der Waals surface area contributed by atoms with Crippen molar-refractivity contribution in [2.45, 2.75) is 18.9 Å². The van der Waals surface area contributed by atoms with Crippen LogP contribution in [0.3, 0.4) is 0 Å². The highest BCUT2D eigenvalue weighted by atomic mass is 79.9. The summed E-state index contributed by atoms with van der Waals surface area (Å²) < 4.78 is 6.68. The first-order valence-corrected chi connectivity index (χ1v) is 7.54. The molecule has 1 saturated heterocycles. The zero-order valence-corrected chi connectivity index (χ0v) is 12.7. The van der Waals surface area contributed by atoms with Crippen molar-refractivity contribution < 1.29 is 9.53 Å². The van der Waals surface area contributed by atoms with Crippen LogP contribution < -0.4 is 10.6 Å². The first kappa shape index (κ1) is 14.0. The fourth-order valence-corrected chi connectivity index (χ4v) is 3.16. The molecule has 18 heavy (non-hydrogen) atoms. The molecule has 0 spiro atoms. The maximum Gasteiger partial charge on any atom is 0.246 e. The summed E-state index contributed by atoms with van der Waals surface area (Å²) in [5.74, 6) is -0.0428. The summed E-state index contributed by atoms with van der Waals surface area (Å²) in [6.07, 6.45) is 0.862. The number of halogens is 1. The maximum atomic E-state index is 11.6. The summed E-state index contributed by atoms with van der Waals surface area (Å²) in [6.45, 7) is 4.46. The van der Waals surface area contributed by atoms with Crippen molar-refractivity contribution in [3.63, 3.8) is 0 Å². The van der Waals surface area contributed by atoms with Gasteiger partial charge in [-0.2, -0.15) is 0 Å². The fourth-order valence-electron chi connectivity index (χ4n) is 1.68. The Kier molecular flexibility index (Phi) is 4.77. The molecule has 4 nitrogen and oxygen atoms in total. The van der Waals surface area contributed by atoms with Gasteiger partial charge in [0.15, 0.2) is 0 Å². The minimum absolute atomic E-state index is 0.0428.